The van der Waals surface area contributed by atoms with Crippen LogP contribution in [0, 0.1) is 0 Å². The molecule has 0 saturated carbocycles. The van der Waals surface area contributed by atoms with E-state index in [0.29, 0.717) is 25.5 Å². The number of carbonyl (C=O) groups excluding carboxylic acids is 1. The number of hydrogen-bond donors (Lipinski definition) is 1. The fourth-order valence-electron chi connectivity index (χ4n) is 4.38. The van der Waals surface area contributed by atoms with Gasteiger partial charge in [0.2, 0.25) is 5.91 Å². The number of nitrogens with zero attached hydrogens (tertiary/aromatic N) is 2. The summed E-state index contributed by atoms with van der Waals surface area (Å²) in [6, 6.07) is 26.4. The van der Waals surface area contributed by atoms with Gasteiger partial charge in [-0.15, -0.1) is 0 Å². The molecule has 182 valence electrons. The number of carbonyl (C=O) groups is 1. The second-order valence-electron chi connectivity index (χ2n) is 9.18. The van der Waals surface area contributed by atoms with E-state index >= 15 is 0 Å². The lowest BCUT2D eigenvalue weighted by atomic mass is 10.0. The molecule has 5 nitrogen and oxygen atoms in total. The molecular weight excluding hydrogens is 434 g/mol. The number of aromatic nitrogens is 2. The van der Waals surface area contributed by atoms with E-state index in [2.05, 4.69) is 60.1 Å². The quantitative estimate of drug-likeness (QED) is 0.262. The van der Waals surface area contributed by atoms with Gasteiger partial charge in [-0.1, -0.05) is 74.5 Å². The lowest BCUT2D eigenvalue weighted by Crippen LogP contribution is -2.26. The van der Waals surface area contributed by atoms with Crippen LogP contribution in [-0.4, -0.2) is 28.6 Å². The molecule has 0 aliphatic heterocycles. The van der Waals surface area contributed by atoms with Crippen molar-refractivity contribution in [1.29, 1.82) is 0 Å². The van der Waals surface area contributed by atoms with Gasteiger partial charge >= 0.3 is 0 Å². The SMILES string of the molecule is CC(C)c1ccccc1OCCCn1c(CCCNC(=O)Cc2ccccc2)nc2ccccc21. The highest BCUT2D eigenvalue weighted by Gasteiger charge is 2.11. The number of ether oxygens (including phenoxy) is 1. The summed E-state index contributed by atoms with van der Waals surface area (Å²) in [5, 5.41) is 3.04. The van der Waals surface area contributed by atoms with Crippen LogP contribution in [0.2, 0.25) is 0 Å². The van der Waals surface area contributed by atoms with Crippen molar-refractivity contribution in [2.24, 2.45) is 0 Å². The van der Waals surface area contributed by atoms with E-state index in [9.17, 15) is 4.79 Å². The normalized spacial score (nSPS) is 11.2. The Morgan fingerprint density at radius 3 is 2.51 bits per heavy atom. The van der Waals surface area contributed by atoms with E-state index in [1.54, 1.807) is 0 Å². The highest BCUT2D eigenvalue weighted by Crippen LogP contribution is 2.26. The summed E-state index contributed by atoms with van der Waals surface area (Å²) in [6.07, 6.45) is 2.98. The maximum absolute atomic E-state index is 12.2. The van der Waals surface area contributed by atoms with Gasteiger partial charge in [0.05, 0.1) is 24.1 Å². The molecule has 0 saturated heterocycles. The Kier molecular flexibility index (Phi) is 8.55. The average Bonchev–Trinajstić information content (AvgIpc) is 3.22. The molecule has 5 heteroatoms. The molecule has 3 aromatic carbocycles. The Hall–Kier alpha value is -3.60. The van der Waals surface area contributed by atoms with Crippen LogP contribution in [0.4, 0.5) is 0 Å². The van der Waals surface area contributed by atoms with E-state index in [1.165, 1.54) is 5.56 Å². The second kappa shape index (κ2) is 12.2. The summed E-state index contributed by atoms with van der Waals surface area (Å²) < 4.78 is 8.45. The van der Waals surface area contributed by atoms with Crippen molar-refractivity contribution in [2.45, 2.75) is 52.0 Å². The molecule has 1 N–H and O–H groups in total. The summed E-state index contributed by atoms with van der Waals surface area (Å²) in [5.41, 5.74) is 4.44. The average molecular weight is 470 g/mol. The number of para-hydroxylation sites is 3. The highest BCUT2D eigenvalue weighted by atomic mass is 16.5. The molecule has 0 spiro atoms. The molecule has 0 atom stereocenters. The number of benzene rings is 3. The molecule has 4 aromatic rings. The number of hydrogen-bond acceptors (Lipinski definition) is 3. The van der Waals surface area contributed by atoms with Crippen LogP contribution in [-0.2, 0) is 24.2 Å². The molecule has 4 rings (SSSR count). The monoisotopic (exact) mass is 469 g/mol. The highest BCUT2D eigenvalue weighted by molar-refractivity contribution is 5.78. The molecule has 1 amide bonds. The third-order valence-electron chi connectivity index (χ3n) is 6.17. The number of fused-ring (bicyclic) bond motifs is 1. The van der Waals surface area contributed by atoms with Crippen LogP contribution in [0.15, 0.2) is 78.9 Å². The van der Waals surface area contributed by atoms with E-state index in [1.807, 2.05) is 42.5 Å². The lowest BCUT2D eigenvalue weighted by molar-refractivity contribution is -0.120. The van der Waals surface area contributed by atoms with Crippen LogP contribution < -0.4 is 10.1 Å². The molecule has 0 bridgehead atoms. The molecular formula is C30H35N3O2. The maximum Gasteiger partial charge on any atom is 0.224 e. The third-order valence-corrected chi connectivity index (χ3v) is 6.17. The molecule has 0 aliphatic carbocycles. The fourth-order valence-corrected chi connectivity index (χ4v) is 4.38. The van der Waals surface area contributed by atoms with Gasteiger partial charge in [0, 0.05) is 19.5 Å². The Balaban J connectivity index is 1.31. The van der Waals surface area contributed by atoms with Gasteiger partial charge in [0.15, 0.2) is 0 Å². The first-order valence-corrected chi connectivity index (χ1v) is 12.6. The number of rotatable bonds is 12. The Morgan fingerprint density at radius 2 is 1.69 bits per heavy atom. The second-order valence-corrected chi connectivity index (χ2v) is 9.18. The standard InChI is InChI=1S/C30H35N3O2/c1-23(2)25-14-6-9-17-28(25)35-21-11-20-33-27-16-8-7-15-26(27)32-29(33)18-10-19-31-30(34)22-24-12-4-3-5-13-24/h3-9,12-17,23H,10-11,18-22H2,1-2H3,(H,31,34). The van der Waals surface area contributed by atoms with Gasteiger partial charge in [-0.25, -0.2) is 4.98 Å². The zero-order valence-electron chi connectivity index (χ0n) is 20.7. The zero-order chi connectivity index (χ0) is 24.5. The number of imidazole rings is 1. The van der Waals surface area contributed by atoms with Crippen molar-refractivity contribution >= 4 is 16.9 Å². The maximum atomic E-state index is 12.2. The summed E-state index contributed by atoms with van der Waals surface area (Å²) in [4.78, 5) is 17.1. The minimum atomic E-state index is 0.0588. The van der Waals surface area contributed by atoms with Crippen LogP contribution in [0.5, 0.6) is 5.75 Å². The smallest absolute Gasteiger partial charge is 0.224 e. The predicted molar refractivity (Wildman–Crippen MR) is 142 cm³/mol. The van der Waals surface area contributed by atoms with Gasteiger partial charge in [-0.3, -0.25) is 4.79 Å². The molecule has 0 fully saturated rings. The number of aryl methyl sites for hydroxylation is 2. The van der Waals surface area contributed by atoms with Crippen LogP contribution in [0.25, 0.3) is 11.0 Å². The molecule has 0 radical (unpaired) electrons. The molecule has 35 heavy (non-hydrogen) atoms. The van der Waals surface area contributed by atoms with Gasteiger partial charge in [-0.2, -0.15) is 0 Å². The number of nitrogens with one attached hydrogen (secondary N) is 1. The minimum absolute atomic E-state index is 0.0588. The van der Waals surface area contributed by atoms with E-state index in [0.717, 1.165) is 54.0 Å². The van der Waals surface area contributed by atoms with E-state index in [4.69, 9.17) is 9.72 Å². The summed E-state index contributed by atoms with van der Waals surface area (Å²) >= 11 is 0. The Morgan fingerprint density at radius 1 is 0.943 bits per heavy atom. The van der Waals surface area contributed by atoms with Crippen molar-refractivity contribution in [2.75, 3.05) is 13.2 Å². The molecule has 0 aliphatic rings. The fraction of sp³-hybridized carbons (Fsp3) is 0.333. The minimum Gasteiger partial charge on any atom is -0.493 e. The molecule has 1 aromatic heterocycles. The molecule has 1 heterocycles. The summed E-state index contributed by atoms with van der Waals surface area (Å²) in [6.45, 7) is 6.53. The third kappa shape index (κ3) is 6.72. The van der Waals surface area contributed by atoms with Crippen molar-refractivity contribution in [3.8, 4) is 5.75 Å². The number of amides is 1. The van der Waals surface area contributed by atoms with Crippen LogP contribution in [0.3, 0.4) is 0 Å². The van der Waals surface area contributed by atoms with Gasteiger partial charge < -0.3 is 14.6 Å². The summed E-state index contributed by atoms with van der Waals surface area (Å²) in [7, 11) is 0. The van der Waals surface area contributed by atoms with Crippen molar-refractivity contribution in [1.82, 2.24) is 14.9 Å². The first-order chi connectivity index (χ1) is 17.1. The van der Waals surface area contributed by atoms with E-state index in [-0.39, 0.29) is 5.91 Å². The van der Waals surface area contributed by atoms with Crippen LogP contribution >= 0.6 is 0 Å². The van der Waals surface area contributed by atoms with E-state index < -0.39 is 0 Å². The van der Waals surface area contributed by atoms with Gasteiger partial charge in [0.25, 0.3) is 0 Å². The largest absolute Gasteiger partial charge is 0.493 e. The lowest BCUT2D eigenvalue weighted by Gasteiger charge is -2.14. The predicted octanol–water partition coefficient (Wildman–Crippen LogP) is 5.92. The Bertz CT molecular complexity index is 1230. The van der Waals surface area contributed by atoms with Crippen molar-refractivity contribution < 1.29 is 9.53 Å². The summed E-state index contributed by atoms with van der Waals surface area (Å²) in [5.74, 6) is 2.53. The first-order valence-electron chi connectivity index (χ1n) is 12.6. The zero-order valence-corrected chi connectivity index (χ0v) is 20.7. The van der Waals surface area contributed by atoms with Crippen molar-refractivity contribution in [3.05, 3.63) is 95.8 Å². The Labute approximate surface area is 208 Å². The first kappa shape index (κ1) is 24.5. The van der Waals surface area contributed by atoms with Gasteiger partial charge in [0.1, 0.15) is 11.6 Å². The topological polar surface area (TPSA) is 56.1 Å². The molecule has 0 unspecified atom stereocenters. The van der Waals surface area contributed by atoms with Crippen LogP contribution in [0.1, 0.15) is 49.6 Å². The van der Waals surface area contributed by atoms with Gasteiger partial charge in [-0.05, 0) is 48.1 Å². The van der Waals surface area contributed by atoms with Crippen molar-refractivity contribution in [3.63, 3.8) is 0 Å².